The Morgan fingerprint density at radius 3 is 2.57 bits per heavy atom. The molecule has 2 amide bonds. The first-order valence-corrected chi connectivity index (χ1v) is 8.63. The van der Waals surface area contributed by atoms with Gasteiger partial charge >= 0.3 is 0 Å². The maximum Gasteiger partial charge on any atom is 0.245 e. The summed E-state index contributed by atoms with van der Waals surface area (Å²) in [5.41, 5.74) is 5.53. The van der Waals surface area contributed by atoms with Crippen LogP contribution in [-0.4, -0.2) is 72.2 Å². The van der Waals surface area contributed by atoms with Crippen molar-refractivity contribution in [2.75, 3.05) is 19.6 Å². The maximum absolute atomic E-state index is 12.7. The van der Waals surface area contributed by atoms with Crippen molar-refractivity contribution >= 4 is 36.9 Å². The van der Waals surface area contributed by atoms with Crippen molar-refractivity contribution in [2.45, 2.75) is 57.1 Å². The number of hydrogen-bond donors (Lipinski definition) is 2. The minimum Gasteiger partial charge on any atom is -0.365 e. The highest BCUT2D eigenvalue weighted by Crippen LogP contribution is 2.26. The molecule has 2 aliphatic heterocycles. The van der Waals surface area contributed by atoms with E-state index in [1.165, 1.54) is 0 Å². The second kappa shape index (κ2) is 7.62. The smallest absolute Gasteiger partial charge is 0.245 e. The summed E-state index contributed by atoms with van der Waals surface area (Å²) >= 11 is 5.61. The first kappa shape index (κ1) is 18.2. The van der Waals surface area contributed by atoms with E-state index in [1.54, 1.807) is 18.7 Å². The molecule has 6 nitrogen and oxygen atoms in total. The molecule has 3 N–H and O–H groups in total. The van der Waals surface area contributed by atoms with Crippen LogP contribution in [0.15, 0.2) is 0 Å². The van der Waals surface area contributed by atoms with Crippen LogP contribution in [0.2, 0.25) is 5.82 Å². The fourth-order valence-corrected chi connectivity index (χ4v) is 3.55. The SMILES string of the molecule is [B][C@@H]1CCN(C(=S)[C@@H]2CCCN2C(=O)[C@H](C)NC(=O)[C@H](C)N)C1. The van der Waals surface area contributed by atoms with Gasteiger partial charge < -0.3 is 20.9 Å². The molecule has 0 aromatic carbocycles. The molecule has 2 saturated heterocycles. The minimum absolute atomic E-state index is 0.0718. The second-order valence-electron chi connectivity index (χ2n) is 6.54. The molecule has 2 heterocycles. The Bertz CT molecular complexity index is 488. The Balaban J connectivity index is 1.98. The van der Waals surface area contributed by atoms with Gasteiger partial charge in [-0.1, -0.05) is 18.0 Å². The van der Waals surface area contributed by atoms with Gasteiger partial charge in [0.1, 0.15) is 11.0 Å². The molecule has 126 valence electrons. The summed E-state index contributed by atoms with van der Waals surface area (Å²) in [6, 6.07) is -1.30. The average molecular weight is 336 g/mol. The van der Waals surface area contributed by atoms with Gasteiger partial charge in [-0.05, 0) is 33.1 Å². The lowest BCUT2D eigenvalue weighted by molar-refractivity contribution is -0.136. The highest BCUT2D eigenvalue weighted by molar-refractivity contribution is 7.80. The van der Waals surface area contributed by atoms with Crippen LogP contribution >= 0.6 is 12.2 Å². The maximum atomic E-state index is 12.7. The molecule has 2 rings (SSSR count). The molecule has 2 aliphatic rings. The lowest BCUT2D eigenvalue weighted by atomic mass is 9.87. The molecular formula is C15H25BN4O2S. The number of carbonyl (C=O) groups excluding carboxylic acids is 2. The van der Waals surface area contributed by atoms with Crippen molar-refractivity contribution in [1.82, 2.24) is 15.1 Å². The van der Waals surface area contributed by atoms with Crippen LogP contribution in [0.3, 0.4) is 0 Å². The number of rotatable bonds is 4. The predicted molar refractivity (Wildman–Crippen MR) is 94.3 cm³/mol. The van der Waals surface area contributed by atoms with Crippen molar-refractivity contribution in [3.63, 3.8) is 0 Å². The van der Waals surface area contributed by atoms with Crippen LogP contribution in [0.4, 0.5) is 0 Å². The van der Waals surface area contributed by atoms with E-state index in [0.29, 0.717) is 6.54 Å². The standard InChI is InChI=1S/C15H25BN4O2S/c1-9(17)13(21)18-10(2)14(22)20-6-3-4-12(20)15(23)19-7-5-11(16)8-19/h9-12H,3-8,17H2,1-2H3,(H,18,21)/t9-,10-,11+,12-/m0/s1. The topological polar surface area (TPSA) is 78.7 Å². The summed E-state index contributed by atoms with van der Waals surface area (Å²) in [6.45, 7) is 5.56. The molecule has 0 bridgehead atoms. The molecule has 0 spiro atoms. The minimum atomic E-state index is -0.633. The number of nitrogens with zero attached hydrogens (tertiary/aromatic N) is 2. The van der Waals surface area contributed by atoms with Crippen molar-refractivity contribution in [3.05, 3.63) is 0 Å². The predicted octanol–water partition coefficient (Wildman–Crippen LogP) is -0.181. The highest BCUT2D eigenvalue weighted by atomic mass is 32.1. The van der Waals surface area contributed by atoms with Crippen LogP contribution in [-0.2, 0) is 9.59 Å². The van der Waals surface area contributed by atoms with Crippen molar-refractivity contribution in [2.24, 2.45) is 5.73 Å². The Morgan fingerprint density at radius 2 is 2.00 bits per heavy atom. The summed E-state index contributed by atoms with van der Waals surface area (Å²) in [4.78, 5) is 29.0. The Hall–Kier alpha value is -1.15. The third kappa shape index (κ3) is 4.23. The van der Waals surface area contributed by atoms with Gasteiger partial charge in [0.05, 0.1) is 19.9 Å². The Kier molecular flexibility index (Phi) is 6.03. The fourth-order valence-electron chi connectivity index (χ4n) is 3.14. The van der Waals surface area contributed by atoms with E-state index in [1.807, 2.05) is 0 Å². The average Bonchev–Trinajstić information content (AvgIpc) is 3.14. The second-order valence-corrected chi connectivity index (χ2v) is 6.96. The number of hydrogen-bond acceptors (Lipinski definition) is 4. The zero-order chi connectivity index (χ0) is 17.1. The summed E-state index contributed by atoms with van der Waals surface area (Å²) in [5.74, 6) is -0.273. The van der Waals surface area contributed by atoms with E-state index in [0.717, 1.165) is 37.3 Å². The fraction of sp³-hybridized carbons (Fsp3) is 0.800. The molecular weight excluding hydrogens is 311 g/mol. The van der Waals surface area contributed by atoms with Crippen LogP contribution in [0.1, 0.15) is 33.1 Å². The van der Waals surface area contributed by atoms with Gasteiger partial charge in [-0.25, -0.2) is 0 Å². The van der Waals surface area contributed by atoms with Crippen LogP contribution < -0.4 is 11.1 Å². The summed E-state index contributed by atoms with van der Waals surface area (Å²) in [5, 5.41) is 2.66. The zero-order valence-corrected chi connectivity index (χ0v) is 14.6. The lowest BCUT2D eigenvalue weighted by Crippen LogP contribution is -2.54. The molecule has 0 saturated carbocycles. The van der Waals surface area contributed by atoms with Crippen LogP contribution in [0.5, 0.6) is 0 Å². The van der Waals surface area contributed by atoms with Gasteiger partial charge in [0.25, 0.3) is 0 Å². The monoisotopic (exact) mass is 336 g/mol. The third-order valence-electron chi connectivity index (χ3n) is 4.50. The molecule has 0 aliphatic carbocycles. The number of nitrogens with two attached hydrogens (primary N) is 1. The molecule has 8 heteroatoms. The molecule has 2 fully saturated rings. The first-order valence-electron chi connectivity index (χ1n) is 8.22. The van der Waals surface area contributed by atoms with Crippen LogP contribution in [0.25, 0.3) is 0 Å². The normalized spacial score (nSPS) is 26.9. The molecule has 0 aromatic heterocycles. The third-order valence-corrected chi connectivity index (χ3v) is 5.03. The molecule has 4 atom stereocenters. The zero-order valence-electron chi connectivity index (χ0n) is 13.8. The van der Waals surface area contributed by atoms with Gasteiger partial charge in [-0.2, -0.15) is 0 Å². The quantitative estimate of drug-likeness (QED) is 0.550. The van der Waals surface area contributed by atoms with Gasteiger partial charge in [-0.3, -0.25) is 9.59 Å². The Labute approximate surface area is 144 Å². The lowest BCUT2D eigenvalue weighted by Gasteiger charge is -2.32. The van der Waals surface area contributed by atoms with E-state index in [4.69, 9.17) is 25.8 Å². The largest absolute Gasteiger partial charge is 0.365 e. The van der Waals surface area contributed by atoms with Crippen LogP contribution in [0, 0.1) is 0 Å². The molecule has 0 unspecified atom stereocenters. The molecule has 2 radical (unpaired) electrons. The van der Waals surface area contributed by atoms with E-state index in [2.05, 4.69) is 10.2 Å². The summed E-state index contributed by atoms with van der Waals surface area (Å²) in [7, 11) is 5.95. The van der Waals surface area contributed by atoms with Gasteiger partial charge in [0.15, 0.2) is 0 Å². The number of amides is 2. The van der Waals surface area contributed by atoms with E-state index in [9.17, 15) is 9.59 Å². The molecule has 0 aromatic rings. The molecule has 23 heavy (non-hydrogen) atoms. The summed E-state index contributed by atoms with van der Waals surface area (Å²) < 4.78 is 0. The number of thiocarbonyl (C=S) groups is 1. The van der Waals surface area contributed by atoms with E-state index < -0.39 is 12.1 Å². The Morgan fingerprint density at radius 1 is 1.30 bits per heavy atom. The van der Waals surface area contributed by atoms with E-state index >= 15 is 0 Å². The van der Waals surface area contributed by atoms with Gasteiger partial charge in [0, 0.05) is 19.6 Å². The number of nitrogens with one attached hydrogen (secondary N) is 1. The van der Waals surface area contributed by atoms with Crippen molar-refractivity contribution in [1.29, 1.82) is 0 Å². The van der Waals surface area contributed by atoms with Crippen molar-refractivity contribution in [3.8, 4) is 0 Å². The van der Waals surface area contributed by atoms with Gasteiger partial charge in [0.2, 0.25) is 11.8 Å². The van der Waals surface area contributed by atoms with Gasteiger partial charge in [-0.15, -0.1) is 0 Å². The highest BCUT2D eigenvalue weighted by Gasteiger charge is 2.37. The number of likely N-dealkylation sites (tertiary alicyclic amines) is 2. The first-order chi connectivity index (χ1) is 10.8. The summed E-state index contributed by atoms with van der Waals surface area (Å²) in [6.07, 6.45) is 2.72. The number of carbonyl (C=O) groups is 2. The van der Waals surface area contributed by atoms with E-state index in [-0.39, 0.29) is 23.7 Å². The van der Waals surface area contributed by atoms with Crippen molar-refractivity contribution < 1.29 is 9.59 Å².